The van der Waals surface area contributed by atoms with Crippen molar-refractivity contribution < 1.29 is 22.7 Å². The molecule has 2 nitrogen and oxygen atoms in total. The quantitative estimate of drug-likeness (QED) is 0.599. The van der Waals surface area contributed by atoms with Crippen LogP contribution in [0.4, 0.5) is 13.2 Å². The number of ether oxygens (including phenoxy) is 1. The van der Waals surface area contributed by atoms with Crippen LogP contribution in [-0.2, 0) is 0 Å². The van der Waals surface area contributed by atoms with E-state index < -0.39 is 12.0 Å². The Morgan fingerprint density at radius 2 is 1.88 bits per heavy atom. The number of carbonyl (C=O) groups excluding carboxylic acids is 1. The summed E-state index contributed by atoms with van der Waals surface area (Å²) < 4.78 is 40.7. The van der Waals surface area contributed by atoms with Crippen LogP contribution in [0.3, 0.4) is 0 Å². The van der Waals surface area contributed by atoms with Crippen LogP contribution in [-0.4, -0.2) is 18.6 Å². The monoisotopic (exact) mass is 244 g/mol. The molecule has 0 fully saturated rings. The number of hydrogen-bond donors (Lipinski definition) is 0. The van der Waals surface area contributed by atoms with E-state index in [4.69, 9.17) is 4.74 Å². The zero-order valence-electron chi connectivity index (χ0n) is 9.12. The summed E-state index contributed by atoms with van der Waals surface area (Å²) in [4.78, 5) is 11.3. The van der Waals surface area contributed by atoms with Crippen LogP contribution in [0.25, 0.3) is 0 Å². The highest BCUT2D eigenvalue weighted by Crippen LogP contribution is 2.17. The minimum atomic E-state index is -4.47. The van der Waals surface area contributed by atoms with Crippen molar-refractivity contribution in [1.82, 2.24) is 0 Å². The minimum absolute atomic E-state index is 0.0776. The molecule has 17 heavy (non-hydrogen) atoms. The first-order chi connectivity index (χ1) is 7.92. The van der Waals surface area contributed by atoms with Crippen LogP contribution < -0.4 is 4.74 Å². The van der Waals surface area contributed by atoms with E-state index in [-0.39, 0.29) is 11.6 Å². The van der Waals surface area contributed by atoms with Crippen LogP contribution in [0.1, 0.15) is 17.3 Å². The van der Waals surface area contributed by atoms with Gasteiger partial charge in [-0.1, -0.05) is 0 Å². The van der Waals surface area contributed by atoms with Crippen molar-refractivity contribution in [3.05, 3.63) is 42.0 Å². The lowest BCUT2D eigenvalue weighted by Crippen LogP contribution is -2.03. The number of halogens is 3. The highest BCUT2D eigenvalue weighted by Gasteiger charge is 2.22. The predicted molar refractivity (Wildman–Crippen MR) is 57.1 cm³/mol. The van der Waals surface area contributed by atoms with Gasteiger partial charge in [0.25, 0.3) is 0 Å². The van der Waals surface area contributed by atoms with E-state index in [9.17, 15) is 18.0 Å². The van der Waals surface area contributed by atoms with Gasteiger partial charge >= 0.3 is 6.18 Å². The molecule has 1 aromatic rings. The van der Waals surface area contributed by atoms with Crippen LogP contribution in [0.15, 0.2) is 36.4 Å². The van der Waals surface area contributed by atoms with Gasteiger partial charge in [-0.05, 0) is 37.3 Å². The predicted octanol–water partition coefficient (Wildman–Crippen LogP) is 3.39. The number of benzene rings is 1. The van der Waals surface area contributed by atoms with Gasteiger partial charge in [-0.15, -0.1) is 0 Å². The molecule has 0 N–H and O–H groups in total. The van der Waals surface area contributed by atoms with E-state index in [1.54, 1.807) is 0 Å². The molecule has 0 spiro atoms. The maximum Gasteiger partial charge on any atom is 0.409 e. The Balaban J connectivity index is 2.73. The minimum Gasteiger partial charge on any atom is -0.494 e. The molecule has 0 heterocycles. The standard InChI is InChI=1S/C12H11F3O2/c1-2-17-10-5-3-9(4-6-10)11(16)7-8-12(13,14)15/h3-8H,2H2,1H3. The number of allylic oxidation sites excluding steroid dienone is 2. The van der Waals surface area contributed by atoms with Gasteiger partial charge in [0, 0.05) is 11.6 Å². The van der Waals surface area contributed by atoms with Gasteiger partial charge in [0.15, 0.2) is 5.78 Å². The van der Waals surface area contributed by atoms with E-state index in [0.29, 0.717) is 18.4 Å². The number of rotatable bonds is 4. The van der Waals surface area contributed by atoms with Gasteiger partial charge in [0.2, 0.25) is 0 Å². The Morgan fingerprint density at radius 1 is 1.29 bits per heavy atom. The van der Waals surface area contributed by atoms with Crippen molar-refractivity contribution in [3.63, 3.8) is 0 Å². The molecule has 92 valence electrons. The molecule has 0 aromatic heterocycles. The van der Waals surface area contributed by atoms with E-state index in [1.165, 1.54) is 24.3 Å². The van der Waals surface area contributed by atoms with Crippen molar-refractivity contribution in [2.45, 2.75) is 13.1 Å². The molecule has 0 unspecified atom stereocenters. The third kappa shape index (κ3) is 4.72. The van der Waals surface area contributed by atoms with Crippen molar-refractivity contribution >= 4 is 5.78 Å². The van der Waals surface area contributed by atoms with Crippen LogP contribution >= 0.6 is 0 Å². The third-order valence-corrected chi connectivity index (χ3v) is 1.87. The number of carbonyl (C=O) groups is 1. The first kappa shape index (κ1) is 13.3. The van der Waals surface area contributed by atoms with Crippen molar-refractivity contribution in [3.8, 4) is 5.75 Å². The van der Waals surface area contributed by atoms with Crippen LogP contribution in [0.2, 0.25) is 0 Å². The second kappa shape index (κ2) is 5.52. The fourth-order valence-corrected chi connectivity index (χ4v) is 1.15. The van der Waals surface area contributed by atoms with Gasteiger partial charge in [0.05, 0.1) is 6.61 Å². The molecular weight excluding hydrogens is 233 g/mol. The summed E-state index contributed by atoms with van der Waals surface area (Å²) in [6.07, 6.45) is -4.04. The molecule has 0 saturated heterocycles. The largest absolute Gasteiger partial charge is 0.494 e. The molecule has 0 aliphatic rings. The Hall–Kier alpha value is -1.78. The van der Waals surface area contributed by atoms with E-state index in [2.05, 4.69) is 0 Å². The number of alkyl halides is 3. The lowest BCUT2D eigenvalue weighted by molar-refractivity contribution is -0.0799. The number of ketones is 1. The van der Waals surface area contributed by atoms with Gasteiger partial charge in [0.1, 0.15) is 5.75 Å². The highest BCUT2D eigenvalue weighted by atomic mass is 19.4. The fraction of sp³-hybridized carbons (Fsp3) is 0.250. The Labute approximate surface area is 96.7 Å². The molecule has 0 saturated carbocycles. The zero-order valence-corrected chi connectivity index (χ0v) is 9.12. The summed E-state index contributed by atoms with van der Waals surface area (Å²) in [5.74, 6) is -0.116. The number of hydrogen-bond acceptors (Lipinski definition) is 2. The molecular formula is C12H11F3O2. The summed E-state index contributed by atoms with van der Waals surface area (Å²) in [7, 11) is 0. The summed E-state index contributed by atoms with van der Waals surface area (Å²) in [6, 6.07) is 5.93. The Kier molecular flexibility index (Phi) is 4.31. The van der Waals surface area contributed by atoms with Gasteiger partial charge in [-0.3, -0.25) is 4.79 Å². The topological polar surface area (TPSA) is 26.3 Å². The molecule has 1 aromatic carbocycles. The normalized spacial score (nSPS) is 11.8. The highest BCUT2D eigenvalue weighted by molar-refractivity contribution is 6.04. The summed E-state index contributed by atoms with van der Waals surface area (Å²) in [5.41, 5.74) is 0.189. The van der Waals surface area contributed by atoms with Crippen molar-refractivity contribution in [1.29, 1.82) is 0 Å². The lowest BCUT2D eigenvalue weighted by Gasteiger charge is -2.03. The van der Waals surface area contributed by atoms with E-state index in [0.717, 1.165) is 0 Å². The van der Waals surface area contributed by atoms with Crippen molar-refractivity contribution in [2.24, 2.45) is 0 Å². The van der Waals surface area contributed by atoms with Gasteiger partial charge < -0.3 is 4.74 Å². The van der Waals surface area contributed by atoms with E-state index >= 15 is 0 Å². The Bertz CT molecular complexity index is 405. The maximum absolute atomic E-state index is 11.8. The second-order valence-corrected chi connectivity index (χ2v) is 3.20. The molecule has 1 rings (SSSR count). The first-order valence-electron chi connectivity index (χ1n) is 4.95. The molecule has 0 aliphatic carbocycles. The maximum atomic E-state index is 11.8. The van der Waals surface area contributed by atoms with Crippen molar-refractivity contribution in [2.75, 3.05) is 6.61 Å². The third-order valence-electron chi connectivity index (χ3n) is 1.87. The molecule has 5 heteroatoms. The molecule has 0 aliphatic heterocycles. The first-order valence-corrected chi connectivity index (χ1v) is 4.95. The average molecular weight is 244 g/mol. The summed E-state index contributed by atoms with van der Waals surface area (Å²) in [6.45, 7) is 2.30. The summed E-state index contributed by atoms with van der Waals surface area (Å²) in [5, 5.41) is 0. The SMILES string of the molecule is CCOc1ccc(C(=O)C=CC(F)(F)F)cc1. The molecule has 0 atom stereocenters. The second-order valence-electron chi connectivity index (χ2n) is 3.20. The average Bonchev–Trinajstić information content (AvgIpc) is 2.26. The Morgan fingerprint density at radius 3 is 2.35 bits per heavy atom. The molecule has 0 radical (unpaired) electrons. The van der Waals surface area contributed by atoms with Crippen LogP contribution in [0, 0.1) is 0 Å². The smallest absolute Gasteiger partial charge is 0.409 e. The van der Waals surface area contributed by atoms with E-state index in [1.807, 2.05) is 6.92 Å². The van der Waals surface area contributed by atoms with Gasteiger partial charge in [-0.2, -0.15) is 13.2 Å². The summed E-state index contributed by atoms with van der Waals surface area (Å²) >= 11 is 0. The van der Waals surface area contributed by atoms with Crippen LogP contribution in [0.5, 0.6) is 5.75 Å². The molecule has 0 amide bonds. The molecule has 0 bridgehead atoms. The fourth-order valence-electron chi connectivity index (χ4n) is 1.15. The zero-order chi connectivity index (χ0) is 12.9. The lowest BCUT2D eigenvalue weighted by atomic mass is 10.1. The van der Waals surface area contributed by atoms with Gasteiger partial charge in [-0.25, -0.2) is 0 Å².